The smallest absolute Gasteiger partial charge is 0.490 e. The van der Waals surface area contributed by atoms with Gasteiger partial charge in [0.1, 0.15) is 23.9 Å². The van der Waals surface area contributed by atoms with Gasteiger partial charge in [0.15, 0.2) is 0 Å². The van der Waals surface area contributed by atoms with Crippen LogP contribution in [0.15, 0.2) is 42.7 Å². The first-order valence-electron chi connectivity index (χ1n) is 12.0. The first kappa shape index (κ1) is 30.4. The number of benzene rings is 2. The molecule has 1 aromatic heterocycles. The van der Waals surface area contributed by atoms with E-state index in [1.165, 1.54) is 12.3 Å². The molecule has 0 bridgehead atoms. The summed E-state index contributed by atoms with van der Waals surface area (Å²) < 4.78 is 57.9. The van der Waals surface area contributed by atoms with Gasteiger partial charge < -0.3 is 30.1 Å². The number of aliphatic carboxylic acids is 1. The summed E-state index contributed by atoms with van der Waals surface area (Å²) in [6, 6.07) is 8.28. The minimum Gasteiger partial charge on any atom is -0.497 e. The fourth-order valence-corrected chi connectivity index (χ4v) is 3.75. The lowest BCUT2D eigenvalue weighted by Crippen LogP contribution is -2.44. The van der Waals surface area contributed by atoms with Crippen molar-refractivity contribution in [1.29, 1.82) is 0 Å². The Labute approximate surface area is 227 Å². The summed E-state index contributed by atoms with van der Waals surface area (Å²) in [5.41, 5.74) is 3.42. The first-order valence-corrected chi connectivity index (χ1v) is 12.0. The maximum absolute atomic E-state index is 14.9. The third kappa shape index (κ3) is 8.16. The highest BCUT2D eigenvalue weighted by molar-refractivity contribution is 5.97. The first-order chi connectivity index (χ1) is 18.9. The summed E-state index contributed by atoms with van der Waals surface area (Å²) in [7, 11) is 5.50. The van der Waals surface area contributed by atoms with Crippen LogP contribution >= 0.6 is 0 Å². The summed E-state index contributed by atoms with van der Waals surface area (Å²) in [5, 5.41) is 19.8. The predicted molar refractivity (Wildman–Crippen MR) is 138 cm³/mol. The fraction of sp³-hybridized carbons (Fsp3) is 0.346. The zero-order valence-corrected chi connectivity index (χ0v) is 21.9. The van der Waals surface area contributed by atoms with Gasteiger partial charge in [0.05, 0.1) is 25.0 Å². The number of hydrogen-bond acceptors (Lipinski definition) is 7. The lowest BCUT2D eigenvalue weighted by molar-refractivity contribution is -0.192. The van der Waals surface area contributed by atoms with E-state index in [2.05, 4.69) is 20.8 Å². The summed E-state index contributed by atoms with van der Waals surface area (Å²) in [5.74, 6) is -2.33. The molecule has 0 aliphatic carbocycles. The molecule has 0 spiro atoms. The molecule has 0 fully saturated rings. The van der Waals surface area contributed by atoms with Crippen LogP contribution in [0.3, 0.4) is 0 Å². The summed E-state index contributed by atoms with van der Waals surface area (Å²) in [6.45, 7) is 1.63. The molecule has 0 unspecified atom stereocenters. The molecule has 216 valence electrons. The number of fused-ring (bicyclic) bond motifs is 1. The average molecular weight is 568 g/mol. The molecule has 1 aliphatic heterocycles. The number of H-pyrrole nitrogens is 1. The van der Waals surface area contributed by atoms with E-state index >= 15 is 0 Å². The fourth-order valence-electron chi connectivity index (χ4n) is 3.75. The molecule has 14 heteroatoms. The Morgan fingerprint density at radius 1 is 1.20 bits per heavy atom. The Balaban J connectivity index is 0.000000559. The van der Waals surface area contributed by atoms with Crippen molar-refractivity contribution in [1.82, 2.24) is 20.4 Å². The van der Waals surface area contributed by atoms with Crippen LogP contribution in [0.25, 0.3) is 11.1 Å². The van der Waals surface area contributed by atoms with Crippen LogP contribution in [0.2, 0.25) is 0 Å². The van der Waals surface area contributed by atoms with Gasteiger partial charge in [-0.1, -0.05) is 6.07 Å². The summed E-state index contributed by atoms with van der Waals surface area (Å²) in [6.07, 6.45) is -1.43. The van der Waals surface area contributed by atoms with Crippen LogP contribution in [0.1, 0.15) is 11.1 Å². The Bertz CT molecular complexity index is 1320. The Kier molecular flexibility index (Phi) is 10.1. The number of hydrogen-bond donors (Lipinski definition) is 4. The zero-order valence-electron chi connectivity index (χ0n) is 21.9. The van der Waals surface area contributed by atoms with Gasteiger partial charge in [0.25, 0.3) is 0 Å². The molecular weight excluding hydrogens is 538 g/mol. The number of carbonyl (C=O) groups excluding carboxylic acids is 1. The van der Waals surface area contributed by atoms with Gasteiger partial charge in [-0.25, -0.2) is 9.18 Å². The molecule has 10 nitrogen and oxygen atoms in total. The number of carboxylic acid groups (broad SMARTS) is 1. The van der Waals surface area contributed by atoms with E-state index in [-0.39, 0.29) is 5.91 Å². The van der Waals surface area contributed by atoms with Crippen molar-refractivity contribution >= 4 is 17.6 Å². The van der Waals surface area contributed by atoms with Crippen LogP contribution in [0.5, 0.6) is 11.5 Å². The number of carbonyl (C=O) groups is 2. The Morgan fingerprint density at radius 3 is 2.52 bits per heavy atom. The number of aromatic nitrogens is 2. The third-order valence-electron chi connectivity index (χ3n) is 5.87. The number of nitrogens with zero attached hydrogens (tertiary/aromatic N) is 2. The topological polar surface area (TPSA) is 129 Å². The van der Waals surface area contributed by atoms with Gasteiger partial charge >= 0.3 is 12.1 Å². The number of aromatic amines is 1. The largest absolute Gasteiger partial charge is 0.497 e. The number of amides is 1. The monoisotopic (exact) mass is 567 g/mol. The van der Waals surface area contributed by atoms with Crippen LogP contribution < -0.4 is 20.1 Å². The minimum atomic E-state index is -5.08. The van der Waals surface area contributed by atoms with E-state index in [4.69, 9.17) is 19.4 Å². The van der Waals surface area contributed by atoms with Crippen LogP contribution in [0.4, 0.5) is 23.2 Å². The second-order valence-corrected chi connectivity index (χ2v) is 9.03. The lowest BCUT2D eigenvalue weighted by Gasteiger charge is -2.26. The molecule has 1 atom stereocenters. The molecule has 40 heavy (non-hydrogen) atoms. The SMILES string of the molecule is COc1ccc2c(c1)C[C@H](C(=O)Nc1cc(F)c(-c3cn[nH]c3)cc1OCCN(C)C)NC2.O=C(O)C(F)(F)F. The van der Waals surface area contributed by atoms with E-state index in [9.17, 15) is 22.4 Å². The lowest BCUT2D eigenvalue weighted by atomic mass is 9.95. The molecule has 0 saturated carbocycles. The van der Waals surface area contributed by atoms with Crippen molar-refractivity contribution in [3.63, 3.8) is 0 Å². The highest BCUT2D eigenvalue weighted by Crippen LogP contribution is 2.34. The third-order valence-corrected chi connectivity index (χ3v) is 5.87. The molecule has 3 aromatic rings. The van der Waals surface area contributed by atoms with Gasteiger partial charge in [-0.2, -0.15) is 18.3 Å². The number of nitrogens with one attached hydrogen (secondary N) is 3. The van der Waals surface area contributed by atoms with Crippen LogP contribution in [-0.4, -0.2) is 78.7 Å². The van der Waals surface area contributed by atoms with Crippen molar-refractivity contribution < 1.29 is 41.7 Å². The second kappa shape index (κ2) is 13.3. The standard InChI is InChI=1S/C24H28FN5O3.C2HF3O2/c1-30(2)6-7-33-23-10-19(17-13-27-28-14-17)20(25)11-21(23)29-24(31)22-9-16-8-18(32-3)5-4-15(16)12-26-22;3-2(4,5)1(6)7/h4-5,8,10-11,13-14,22,26H,6-7,9,12H2,1-3H3,(H,27,28)(H,29,31);(H,6,7)/t22-;/m1./s1. The van der Waals surface area contributed by atoms with E-state index in [1.54, 1.807) is 19.4 Å². The van der Waals surface area contributed by atoms with Crippen molar-refractivity contribution in [3.05, 3.63) is 59.7 Å². The maximum Gasteiger partial charge on any atom is 0.490 e. The van der Waals surface area contributed by atoms with E-state index < -0.39 is 24.0 Å². The molecule has 4 rings (SSSR count). The van der Waals surface area contributed by atoms with E-state index in [0.29, 0.717) is 48.7 Å². The number of methoxy groups -OCH3 is 1. The van der Waals surface area contributed by atoms with E-state index in [1.807, 2.05) is 37.2 Å². The number of likely N-dealkylation sites (N-methyl/N-ethyl adjacent to an activating group) is 1. The highest BCUT2D eigenvalue weighted by atomic mass is 19.4. The average Bonchev–Trinajstić information content (AvgIpc) is 3.43. The van der Waals surface area contributed by atoms with Crippen molar-refractivity contribution in [2.45, 2.75) is 25.2 Å². The predicted octanol–water partition coefficient (Wildman–Crippen LogP) is 3.45. The van der Waals surface area contributed by atoms with Gasteiger partial charge in [-0.3, -0.25) is 9.89 Å². The number of rotatable bonds is 8. The van der Waals surface area contributed by atoms with E-state index in [0.717, 1.165) is 16.9 Å². The van der Waals surface area contributed by atoms with Crippen molar-refractivity contribution in [3.8, 4) is 22.6 Å². The molecule has 0 radical (unpaired) electrons. The Hall–Kier alpha value is -4.17. The number of ether oxygens (including phenoxy) is 2. The minimum absolute atomic E-state index is 0.253. The molecular formula is C26H29F4N5O5. The molecule has 1 amide bonds. The molecule has 2 aromatic carbocycles. The highest BCUT2D eigenvalue weighted by Gasteiger charge is 2.38. The number of alkyl halides is 3. The Morgan fingerprint density at radius 2 is 1.93 bits per heavy atom. The number of anilines is 1. The van der Waals surface area contributed by atoms with Gasteiger partial charge in [0.2, 0.25) is 5.91 Å². The van der Waals surface area contributed by atoms with Crippen LogP contribution in [0, 0.1) is 5.82 Å². The quantitative estimate of drug-likeness (QED) is 0.305. The molecule has 0 saturated heterocycles. The van der Waals surface area contributed by atoms with Gasteiger partial charge in [-0.05, 0) is 49.8 Å². The van der Waals surface area contributed by atoms with Crippen molar-refractivity contribution in [2.24, 2.45) is 0 Å². The van der Waals surface area contributed by atoms with Gasteiger partial charge in [-0.15, -0.1) is 0 Å². The summed E-state index contributed by atoms with van der Waals surface area (Å²) in [4.78, 5) is 24.0. The zero-order chi connectivity index (χ0) is 29.4. The van der Waals surface area contributed by atoms with Crippen LogP contribution in [-0.2, 0) is 22.6 Å². The second-order valence-electron chi connectivity index (χ2n) is 9.03. The maximum atomic E-state index is 14.9. The molecule has 1 aliphatic rings. The summed E-state index contributed by atoms with van der Waals surface area (Å²) >= 11 is 0. The van der Waals surface area contributed by atoms with Gasteiger partial charge in [0, 0.05) is 36.5 Å². The molecule has 2 heterocycles. The normalized spacial score (nSPS) is 14.6. The molecule has 4 N–H and O–H groups in total. The number of halogens is 4. The number of carboxylic acids is 1. The van der Waals surface area contributed by atoms with Crippen molar-refractivity contribution in [2.75, 3.05) is 39.7 Å².